The molecule has 7 heteroatoms. The fourth-order valence-corrected chi connectivity index (χ4v) is 0.901. The molecule has 15 heavy (non-hydrogen) atoms. The van der Waals surface area contributed by atoms with Gasteiger partial charge in [-0.15, -0.1) is 0 Å². The molecule has 0 aliphatic heterocycles. The SMILES string of the molecule is CC(=O)N[C@@H](CCC(=O)C(N)=O)C(=O)O. The Morgan fingerprint density at radius 1 is 1.33 bits per heavy atom. The van der Waals surface area contributed by atoms with Crippen LogP contribution in [-0.2, 0) is 19.2 Å². The Balaban J connectivity index is 4.19. The number of Topliss-reactive ketones (excluding diaryl/α,β-unsaturated/α-hetero) is 1. The summed E-state index contributed by atoms with van der Waals surface area (Å²) < 4.78 is 0. The molecule has 0 aromatic rings. The van der Waals surface area contributed by atoms with Crippen LogP contribution in [0.5, 0.6) is 0 Å². The molecule has 0 aromatic heterocycles. The Hall–Kier alpha value is -1.92. The predicted molar refractivity (Wildman–Crippen MR) is 48.7 cm³/mol. The Morgan fingerprint density at radius 3 is 2.20 bits per heavy atom. The summed E-state index contributed by atoms with van der Waals surface area (Å²) in [4.78, 5) is 42.3. The molecule has 0 aliphatic rings. The van der Waals surface area contributed by atoms with Crippen molar-refractivity contribution >= 4 is 23.6 Å². The van der Waals surface area contributed by atoms with Gasteiger partial charge in [0.25, 0.3) is 5.91 Å². The zero-order valence-electron chi connectivity index (χ0n) is 8.15. The van der Waals surface area contributed by atoms with Crippen LogP contribution in [0.25, 0.3) is 0 Å². The van der Waals surface area contributed by atoms with Crippen molar-refractivity contribution in [3.05, 3.63) is 0 Å². The van der Waals surface area contributed by atoms with Crippen LogP contribution in [0.2, 0.25) is 0 Å². The lowest BCUT2D eigenvalue weighted by Gasteiger charge is -2.11. The number of carboxylic acid groups (broad SMARTS) is 1. The first-order valence-electron chi connectivity index (χ1n) is 4.17. The van der Waals surface area contributed by atoms with Crippen LogP contribution in [0.4, 0.5) is 0 Å². The summed E-state index contributed by atoms with van der Waals surface area (Å²) in [6.45, 7) is 1.16. The fraction of sp³-hybridized carbons (Fsp3) is 0.500. The molecule has 0 aliphatic carbocycles. The minimum absolute atomic E-state index is 0.156. The smallest absolute Gasteiger partial charge is 0.326 e. The first kappa shape index (κ1) is 13.1. The molecule has 4 N–H and O–H groups in total. The molecule has 0 saturated carbocycles. The molecule has 84 valence electrons. The lowest BCUT2D eigenvalue weighted by molar-refractivity contribution is -0.142. The van der Waals surface area contributed by atoms with Gasteiger partial charge in [0, 0.05) is 13.3 Å². The molecular weight excluding hydrogens is 204 g/mol. The van der Waals surface area contributed by atoms with E-state index >= 15 is 0 Å². The van der Waals surface area contributed by atoms with Crippen molar-refractivity contribution in [2.45, 2.75) is 25.8 Å². The highest BCUT2D eigenvalue weighted by molar-refractivity contribution is 6.35. The second kappa shape index (κ2) is 5.74. The maximum Gasteiger partial charge on any atom is 0.326 e. The van der Waals surface area contributed by atoms with Gasteiger partial charge in [0.2, 0.25) is 11.7 Å². The van der Waals surface area contributed by atoms with E-state index in [-0.39, 0.29) is 12.8 Å². The summed E-state index contributed by atoms with van der Waals surface area (Å²) in [6, 6.07) is -1.18. The molecule has 0 bridgehead atoms. The number of hydrogen-bond donors (Lipinski definition) is 3. The molecule has 0 fully saturated rings. The van der Waals surface area contributed by atoms with E-state index in [9.17, 15) is 19.2 Å². The third-order valence-electron chi connectivity index (χ3n) is 1.61. The molecule has 0 heterocycles. The number of carbonyl (C=O) groups excluding carboxylic acids is 3. The second-order valence-electron chi connectivity index (χ2n) is 2.92. The molecule has 0 rings (SSSR count). The number of nitrogens with two attached hydrogens (primary N) is 1. The van der Waals surface area contributed by atoms with Gasteiger partial charge in [-0.3, -0.25) is 14.4 Å². The largest absolute Gasteiger partial charge is 0.480 e. The van der Waals surface area contributed by atoms with E-state index in [1.165, 1.54) is 0 Å². The van der Waals surface area contributed by atoms with Gasteiger partial charge in [0.1, 0.15) is 6.04 Å². The zero-order chi connectivity index (χ0) is 12.0. The Bertz CT molecular complexity index is 299. The maximum absolute atomic E-state index is 10.8. The lowest BCUT2D eigenvalue weighted by Crippen LogP contribution is -2.40. The monoisotopic (exact) mass is 216 g/mol. The van der Waals surface area contributed by atoms with Crippen LogP contribution < -0.4 is 11.1 Å². The van der Waals surface area contributed by atoms with Crippen molar-refractivity contribution in [3.63, 3.8) is 0 Å². The molecule has 0 aromatic carbocycles. The van der Waals surface area contributed by atoms with Gasteiger partial charge >= 0.3 is 5.97 Å². The van der Waals surface area contributed by atoms with E-state index < -0.39 is 29.6 Å². The second-order valence-corrected chi connectivity index (χ2v) is 2.92. The van der Waals surface area contributed by atoms with Gasteiger partial charge in [-0.05, 0) is 6.42 Å². The van der Waals surface area contributed by atoms with Crippen molar-refractivity contribution < 1.29 is 24.3 Å². The van der Waals surface area contributed by atoms with Crippen molar-refractivity contribution in [1.82, 2.24) is 5.32 Å². The Morgan fingerprint density at radius 2 is 1.87 bits per heavy atom. The summed E-state index contributed by atoms with van der Waals surface area (Å²) in [5.41, 5.74) is 4.68. The average molecular weight is 216 g/mol. The maximum atomic E-state index is 10.8. The predicted octanol–water partition coefficient (Wildman–Crippen LogP) is -1.59. The summed E-state index contributed by atoms with van der Waals surface area (Å²) in [6.07, 6.45) is -0.455. The Kier molecular flexibility index (Phi) is 5.00. The first-order valence-corrected chi connectivity index (χ1v) is 4.17. The van der Waals surface area contributed by atoms with Crippen LogP contribution in [0, 0.1) is 0 Å². The average Bonchev–Trinajstić information content (AvgIpc) is 2.10. The quantitative estimate of drug-likeness (QED) is 0.461. The highest BCUT2D eigenvalue weighted by Crippen LogP contribution is 1.98. The van der Waals surface area contributed by atoms with E-state index in [1.807, 2.05) is 0 Å². The highest BCUT2D eigenvalue weighted by Gasteiger charge is 2.20. The lowest BCUT2D eigenvalue weighted by atomic mass is 10.1. The third kappa shape index (κ3) is 5.40. The molecular formula is C8H12N2O5. The summed E-state index contributed by atoms with van der Waals surface area (Å²) in [7, 11) is 0. The van der Waals surface area contributed by atoms with E-state index in [0.717, 1.165) is 6.92 Å². The van der Waals surface area contributed by atoms with Gasteiger partial charge < -0.3 is 16.2 Å². The van der Waals surface area contributed by atoms with Crippen LogP contribution >= 0.6 is 0 Å². The molecule has 0 radical (unpaired) electrons. The Labute approximate surface area is 85.6 Å². The minimum atomic E-state index is -1.26. The van der Waals surface area contributed by atoms with E-state index in [0.29, 0.717) is 0 Å². The summed E-state index contributed by atoms with van der Waals surface area (Å²) in [5.74, 6) is -3.75. The molecule has 0 saturated heterocycles. The number of amides is 2. The van der Waals surface area contributed by atoms with Crippen LogP contribution in [-0.4, -0.2) is 34.7 Å². The number of ketones is 1. The van der Waals surface area contributed by atoms with Crippen LogP contribution in [0.3, 0.4) is 0 Å². The van der Waals surface area contributed by atoms with E-state index in [2.05, 4.69) is 11.1 Å². The highest BCUT2D eigenvalue weighted by atomic mass is 16.4. The molecule has 0 spiro atoms. The number of hydrogen-bond acceptors (Lipinski definition) is 4. The van der Waals surface area contributed by atoms with Crippen LogP contribution in [0.15, 0.2) is 0 Å². The standard InChI is InChI=1S/C8H12N2O5/c1-4(11)10-5(8(14)15)2-3-6(12)7(9)13/h5H,2-3H2,1H3,(H2,9,13)(H,10,11)(H,14,15)/t5-/m0/s1. The van der Waals surface area contributed by atoms with Gasteiger partial charge in [0.05, 0.1) is 0 Å². The van der Waals surface area contributed by atoms with E-state index in [4.69, 9.17) is 5.11 Å². The summed E-state index contributed by atoms with van der Waals surface area (Å²) >= 11 is 0. The summed E-state index contributed by atoms with van der Waals surface area (Å²) in [5, 5.41) is 10.8. The number of primary amides is 1. The van der Waals surface area contributed by atoms with E-state index in [1.54, 1.807) is 0 Å². The van der Waals surface area contributed by atoms with Gasteiger partial charge in [0.15, 0.2) is 0 Å². The number of carbonyl (C=O) groups is 4. The fourth-order valence-electron chi connectivity index (χ4n) is 0.901. The van der Waals surface area contributed by atoms with Crippen molar-refractivity contribution in [2.75, 3.05) is 0 Å². The van der Waals surface area contributed by atoms with Crippen molar-refractivity contribution in [3.8, 4) is 0 Å². The number of aliphatic carboxylic acids is 1. The topological polar surface area (TPSA) is 127 Å². The van der Waals surface area contributed by atoms with Gasteiger partial charge in [-0.25, -0.2) is 4.79 Å². The molecule has 2 amide bonds. The van der Waals surface area contributed by atoms with Gasteiger partial charge in [-0.1, -0.05) is 0 Å². The number of nitrogens with one attached hydrogen (secondary N) is 1. The minimum Gasteiger partial charge on any atom is -0.480 e. The zero-order valence-corrected chi connectivity index (χ0v) is 8.15. The van der Waals surface area contributed by atoms with Crippen molar-refractivity contribution in [2.24, 2.45) is 5.73 Å². The molecule has 0 unspecified atom stereocenters. The van der Waals surface area contributed by atoms with Gasteiger partial charge in [-0.2, -0.15) is 0 Å². The third-order valence-corrected chi connectivity index (χ3v) is 1.61. The normalized spacial score (nSPS) is 11.5. The molecule has 7 nitrogen and oxygen atoms in total. The van der Waals surface area contributed by atoms with Crippen molar-refractivity contribution in [1.29, 1.82) is 0 Å². The number of carboxylic acids is 1. The molecule has 1 atom stereocenters. The number of rotatable bonds is 6. The van der Waals surface area contributed by atoms with Crippen LogP contribution in [0.1, 0.15) is 19.8 Å². The first-order chi connectivity index (χ1) is 6.84.